The number of benzene rings is 5. The second-order valence-corrected chi connectivity index (χ2v) is 26.2. The number of thiocarbonyl (C=S) groups is 4. The van der Waals surface area contributed by atoms with Crippen molar-refractivity contribution in [2.75, 3.05) is 19.0 Å². The van der Waals surface area contributed by atoms with Gasteiger partial charge in [-0.15, -0.1) is 0 Å². The van der Waals surface area contributed by atoms with E-state index in [1.807, 2.05) is 37.2 Å². The number of carboxylic acids is 5. The average Bonchev–Trinajstić information content (AvgIpc) is 0.804. The van der Waals surface area contributed by atoms with Crippen LogP contribution in [0.5, 0.6) is 0 Å². The molecule has 93 heavy (non-hydrogen) atoms. The molecule has 0 aromatic heterocycles. The molecule has 0 amide bonds. The Morgan fingerprint density at radius 3 is 1.11 bits per heavy atom. The van der Waals surface area contributed by atoms with Gasteiger partial charge in [-0.1, -0.05) is 72.8 Å². The molecule has 29 nitrogen and oxygen atoms in total. The fraction of sp³-hybridized carbons (Fsp3) is 0.167. The number of carbonyl (C=O) groups is 5. The Morgan fingerprint density at radius 1 is 0.484 bits per heavy atom. The van der Waals surface area contributed by atoms with Crippen LogP contribution >= 0.6 is 59.6 Å². The zero-order valence-corrected chi connectivity index (χ0v) is 56.9. The minimum Gasteiger partial charge on any atom is -0.481 e. The highest BCUT2D eigenvalue weighted by Gasteiger charge is 2.30. The van der Waals surface area contributed by atoms with E-state index in [0.717, 1.165) is 63.9 Å². The van der Waals surface area contributed by atoms with Crippen LogP contribution in [-0.2, 0) is 73.5 Å². The van der Waals surface area contributed by atoms with E-state index in [2.05, 4.69) is 89.5 Å². The Kier molecular flexibility index (Phi) is 38.4. The number of anilines is 1. The van der Waals surface area contributed by atoms with Gasteiger partial charge in [-0.05, 0) is 126 Å². The van der Waals surface area contributed by atoms with E-state index in [0.29, 0.717) is 5.39 Å². The number of carboxylic acid groups (broad SMARTS) is 5. The van der Waals surface area contributed by atoms with Gasteiger partial charge < -0.3 is 30.4 Å². The predicted molar refractivity (Wildman–Crippen MR) is 360 cm³/mol. The zero-order valence-electron chi connectivity index (χ0n) is 48.8. The summed E-state index contributed by atoms with van der Waals surface area (Å²) >= 11 is 17.8. The molecule has 0 saturated heterocycles. The lowest BCUT2D eigenvalue weighted by Gasteiger charge is -2.19. The summed E-state index contributed by atoms with van der Waals surface area (Å²) in [6.07, 6.45) is 9.32. The molecular formula is C54H54ClN5O24S9. The van der Waals surface area contributed by atoms with Gasteiger partial charge in [0, 0.05) is 81.8 Å². The number of aliphatic imine (C=N–C) groups is 4. The van der Waals surface area contributed by atoms with Crippen molar-refractivity contribution in [1.29, 1.82) is 0 Å². The van der Waals surface area contributed by atoms with Crippen LogP contribution in [0.25, 0.3) is 29.0 Å². The van der Waals surface area contributed by atoms with Crippen LogP contribution in [0.2, 0.25) is 0 Å². The third kappa shape index (κ3) is 36.4. The zero-order chi connectivity index (χ0) is 72.4. The van der Waals surface area contributed by atoms with Crippen LogP contribution in [0.15, 0.2) is 161 Å². The molecule has 0 fully saturated rings. The Labute approximate surface area is 559 Å². The van der Waals surface area contributed by atoms with E-state index in [9.17, 15) is 60.3 Å². The van der Waals surface area contributed by atoms with Gasteiger partial charge >= 0.3 is 0 Å². The summed E-state index contributed by atoms with van der Waals surface area (Å²) in [5, 5.41) is 45.6. The van der Waals surface area contributed by atoms with E-state index >= 15 is 0 Å². The lowest BCUT2D eigenvalue weighted by atomic mass is 9.97. The molecule has 0 bridgehead atoms. The minimum atomic E-state index is -4.61. The van der Waals surface area contributed by atoms with Gasteiger partial charge in [-0.25, -0.2) is 8.42 Å². The van der Waals surface area contributed by atoms with Crippen molar-refractivity contribution in [2.45, 2.75) is 59.5 Å². The minimum absolute atomic E-state index is 0.0492. The molecule has 0 spiro atoms. The third-order valence-electron chi connectivity index (χ3n) is 9.62. The van der Waals surface area contributed by atoms with Crippen molar-refractivity contribution in [3.8, 4) is 0 Å². The normalized spacial score (nSPS) is 12.9. The number of allylic oxidation sites excluding steroid dienone is 3. The molecule has 6 rings (SSSR count). The van der Waals surface area contributed by atoms with E-state index in [-0.39, 0.29) is 44.3 Å². The molecule has 0 aliphatic heterocycles. The van der Waals surface area contributed by atoms with Crippen molar-refractivity contribution >= 4 is 211 Å². The van der Waals surface area contributed by atoms with Gasteiger partial charge in [0.1, 0.15) is 19.9 Å². The molecule has 5 aromatic rings. The number of hydrogen-bond acceptors (Lipinski definition) is 24. The number of hydrogen-bond donors (Lipinski definition) is 9. The number of isothiocyanates is 4. The molecular weight excluding hydrogens is 1430 g/mol. The Balaban J connectivity index is 0. The maximum atomic E-state index is 11.7. The standard InChI is InChI=1S/C16H12N2O6S4.C16H10N2O6S4.C12H12ClNO2S.5C2H4O2/c2*19-27(20,21)15-7-13(17-9-25)5-3-11(15)1-2-12-4-6-14(18-10-26)8-16(12)28(22,23)24;1-14(2)11-7-3-6-10-9(11)5-4-8-12(10)17(13,15)16;5*1-2(3)4/h1-8,11,15H,(H,19,20,21)(H,22,23,24);1-8H,(H,19,20,21)(H,22,23,24);3-8H,1-2H3;5*1H3,(H,3,4). The van der Waals surface area contributed by atoms with Crippen LogP contribution in [-0.4, -0.2) is 156 Å². The summed E-state index contributed by atoms with van der Waals surface area (Å²) in [7, 11) is -12.8. The molecule has 500 valence electrons. The van der Waals surface area contributed by atoms with E-state index in [4.69, 9.17) is 60.2 Å². The third-order valence-corrected chi connectivity index (χ3v) is 15.2. The van der Waals surface area contributed by atoms with Crippen LogP contribution in [0, 0.1) is 5.92 Å². The lowest BCUT2D eigenvalue weighted by Crippen LogP contribution is -2.27. The van der Waals surface area contributed by atoms with Gasteiger partial charge in [0.05, 0.1) is 48.3 Å². The van der Waals surface area contributed by atoms with Crippen LogP contribution in [0.1, 0.15) is 51.3 Å². The van der Waals surface area contributed by atoms with E-state index < -0.39 is 105 Å². The summed E-state index contributed by atoms with van der Waals surface area (Å²) in [6.45, 7) is 5.42. The van der Waals surface area contributed by atoms with Crippen LogP contribution in [0.4, 0.5) is 22.7 Å². The molecule has 2 unspecified atom stereocenters. The highest BCUT2D eigenvalue weighted by Crippen LogP contribution is 2.33. The molecule has 5 aromatic carbocycles. The SMILES string of the molecule is CC(=O)O.CC(=O)O.CC(=O)O.CC(=O)O.CC(=O)O.CN(C)c1cccc2c(S(=O)(=O)Cl)cccc12.O=S(=O)(O)c1cc(N=C=S)ccc1C=CC1C=CC(N=C=S)=CC1S(=O)(=O)O.O=S(=O)(O)c1cc(N=C=S)ccc1C=Cc1ccc(N=C=S)cc1S(=O)(=O)O. The number of fused-ring (bicyclic) bond motifs is 1. The summed E-state index contributed by atoms with van der Waals surface area (Å²) in [5.41, 5.74) is 1.83. The second-order valence-electron chi connectivity index (χ2n) is 17.2. The van der Waals surface area contributed by atoms with Crippen molar-refractivity contribution < 1.29 is 110 Å². The first-order chi connectivity index (χ1) is 42.7. The van der Waals surface area contributed by atoms with Crippen molar-refractivity contribution in [2.24, 2.45) is 25.9 Å². The quantitative estimate of drug-likeness (QED) is 0.0164. The predicted octanol–water partition coefficient (Wildman–Crippen LogP) is 10.2. The molecule has 2 atom stereocenters. The maximum absolute atomic E-state index is 11.7. The summed E-state index contributed by atoms with van der Waals surface area (Å²) in [6, 6.07) is 22.2. The lowest BCUT2D eigenvalue weighted by molar-refractivity contribution is -0.135. The highest BCUT2D eigenvalue weighted by atomic mass is 35.7. The molecule has 9 N–H and O–H groups in total. The fourth-order valence-electron chi connectivity index (χ4n) is 6.52. The summed E-state index contributed by atoms with van der Waals surface area (Å²) in [5.74, 6) is -4.99. The number of halogens is 1. The molecule has 39 heteroatoms. The summed E-state index contributed by atoms with van der Waals surface area (Å²) < 4.78 is 154. The van der Waals surface area contributed by atoms with E-state index in [1.165, 1.54) is 85.0 Å². The molecule has 0 radical (unpaired) electrons. The van der Waals surface area contributed by atoms with Crippen molar-refractivity contribution in [3.63, 3.8) is 0 Å². The van der Waals surface area contributed by atoms with Crippen molar-refractivity contribution in [3.05, 3.63) is 138 Å². The average molecular weight is 1480 g/mol. The second kappa shape index (κ2) is 41.2. The van der Waals surface area contributed by atoms with Gasteiger partial charge in [-0.2, -0.15) is 53.6 Å². The Hall–Kier alpha value is -8.45. The molecule has 0 heterocycles. The van der Waals surface area contributed by atoms with Gasteiger partial charge in [-0.3, -0.25) is 42.2 Å². The first kappa shape index (κ1) is 86.6. The van der Waals surface area contributed by atoms with E-state index in [1.54, 1.807) is 12.1 Å². The van der Waals surface area contributed by atoms with Gasteiger partial charge in [0.25, 0.3) is 79.4 Å². The summed E-state index contributed by atoms with van der Waals surface area (Å²) in [4.78, 5) is 60.3. The number of nitrogens with zero attached hydrogens (tertiary/aromatic N) is 5. The Morgan fingerprint density at radius 2 is 0.806 bits per heavy atom. The Bertz CT molecular complexity index is 4310. The largest absolute Gasteiger partial charge is 0.481 e. The monoisotopic (exact) mass is 1480 g/mol. The first-order valence-corrected chi connectivity index (χ1v) is 34.0. The van der Waals surface area contributed by atoms with Gasteiger partial charge in [0.2, 0.25) is 0 Å². The molecule has 1 aliphatic rings. The highest BCUT2D eigenvalue weighted by molar-refractivity contribution is 8.14. The fourth-order valence-corrected chi connectivity index (χ4v) is 11.0. The topological polar surface area (TPSA) is 491 Å². The first-order valence-electron chi connectivity index (χ1n) is 24.2. The van der Waals surface area contributed by atoms with Gasteiger partial charge in [0.15, 0.2) is 0 Å². The molecule has 0 saturated carbocycles. The van der Waals surface area contributed by atoms with Crippen molar-refractivity contribution in [1.82, 2.24) is 0 Å². The maximum Gasteiger partial charge on any atom is 0.300 e. The smallest absolute Gasteiger partial charge is 0.300 e. The molecule has 1 aliphatic carbocycles. The van der Waals surface area contributed by atoms with Crippen LogP contribution in [0.3, 0.4) is 0 Å². The van der Waals surface area contributed by atoms with Crippen LogP contribution < -0.4 is 4.90 Å². The number of aliphatic carboxylic acids is 5. The number of rotatable bonds is 14.